The summed E-state index contributed by atoms with van der Waals surface area (Å²) in [6.45, 7) is 4.09. The highest BCUT2D eigenvalue weighted by Gasteiger charge is 2.35. The summed E-state index contributed by atoms with van der Waals surface area (Å²) in [4.78, 5) is 12.0. The van der Waals surface area contributed by atoms with E-state index in [2.05, 4.69) is 5.32 Å². The molecule has 2 unspecified atom stereocenters. The number of halogens is 1. The molecule has 1 rings (SSSR count). The number of rotatable bonds is 5. The number of sulfone groups is 1. The quantitative estimate of drug-likeness (QED) is 0.786. The number of carbonyl (C=O) groups excluding carboxylic acids is 1. The molecule has 0 saturated carbocycles. The van der Waals surface area contributed by atoms with Crippen molar-refractivity contribution in [2.75, 3.05) is 11.6 Å². The minimum atomic E-state index is -3.26. The van der Waals surface area contributed by atoms with Crippen molar-refractivity contribution in [2.24, 2.45) is 5.92 Å². The summed E-state index contributed by atoms with van der Waals surface area (Å²) in [6, 6.07) is -0.142. The van der Waals surface area contributed by atoms with Gasteiger partial charge >= 0.3 is 0 Å². The fraction of sp³-hybridized carbons (Fsp3) is 0.917. The summed E-state index contributed by atoms with van der Waals surface area (Å²) in [6.07, 6.45) is 2.66. The largest absolute Gasteiger partial charge is 0.351 e. The molecule has 0 bridgehead atoms. The highest BCUT2D eigenvalue weighted by molar-refractivity contribution is 7.92. The molecule has 1 N–H and O–H groups in total. The van der Waals surface area contributed by atoms with E-state index in [0.717, 1.165) is 12.8 Å². The van der Waals surface area contributed by atoms with E-state index >= 15 is 0 Å². The van der Waals surface area contributed by atoms with Crippen molar-refractivity contribution in [3.63, 3.8) is 0 Å². The lowest BCUT2D eigenvalue weighted by atomic mass is 10.0. The van der Waals surface area contributed by atoms with Crippen LogP contribution in [-0.4, -0.2) is 37.2 Å². The molecule has 106 valence electrons. The minimum Gasteiger partial charge on any atom is -0.351 e. The zero-order valence-corrected chi connectivity index (χ0v) is 12.6. The van der Waals surface area contributed by atoms with Gasteiger partial charge in [-0.2, -0.15) is 0 Å². The van der Waals surface area contributed by atoms with Crippen LogP contribution < -0.4 is 5.32 Å². The molecular weight excluding hydrogens is 274 g/mol. The molecule has 0 aromatic heterocycles. The van der Waals surface area contributed by atoms with Crippen LogP contribution in [0.1, 0.15) is 39.5 Å². The number of alkyl halides is 1. The topological polar surface area (TPSA) is 63.2 Å². The maximum atomic E-state index is 12.0. The summed E-state index contributed by atoms with van der Waals surface area (Å²) in [7, 11) is -3.26. The monoisotopic (exact) mass is 295 g/mol. The zero-order valence-electron chi connectivity index (χ0n) is 11.0. The highest BCUT2D eigenvalue weighted by Crippen LogP contribution is 2.20. The summed E-state index contributed by atoms with van der Waals surface area (Å²) in [5.41, 5.74) is 0. The molecule has 6 heteroatoms. The third-order valence-corrected chi connectivity index (χ3v) is 5.71. The first kappa shape index (κ1) is 15.8. The van der Waals surface area contributed by atoms with E-state index in [0.29, 0.717) is 24.6 Å². The number of amides is 1. The highest BCUT2D eigenvalue weighted by atomic mass is 35.5. The van der Waals surface area contributed by atoms with Crippen LogP contribution in [0.15, 0.2) is 0 Å². The summed E-state index contributed by atoms with van der Waals surface area (Å²) < 4.78 is 23.6. The molecule has 2 atom stereocenters. The normalized spacial score (nSPS) is 24.8. The van der Waals surface area contributed by atoms with Crippen LogP contribution in [0, 0.1) is 5.92 Å². The second-order valence-electron chi connectivity index (χ2n) is 5.34. The summed E-state index contributed by atoms with van der Waals surface area (Å²) in [5, 5.41) is 1.90. The lowest BCUT2D eigenvalue weighted by Gasteiger charge is -2.25. The van der Waals surface area contributed by atoms with Crippen LogP contribution in [0.2, 0.25) is 0 Å². The molecule has 1 aliphatic heterocycles. The molecule has 4 nitrogen and oxygen atoms in total. The van der Waals surface area contributed by atoms with Gasteiger partial charge in [-0.15, -0.1) is 11.6 Å². The first-order valence-electron chi connectivity index (χ1n) is 6.44. The molecule has 1 heterocycles. The Kier molecular flexibility index (Phi) is 5.92. The maximum Gasteiger partial charge on any atom is 0.238 e. The smallest absolute Gasteiger partial charge is 0.238 e. The van der Waals surface area contributed by atoms with Gasteiger partial charge in [0.1, 0.15) is 5.25 Å². The molecule has 0 aliphatic carbocycles. The molecule has 1 fully saturated rings. The second kappa shape index (κ2) is 6.75. The molecule has 1 aliphatic rings. The molecule has 0 radical (unpaired) electrons. The van der Waals surface area contributed by atoms with Crippen molar-refractivity contribution in [2.45, 2.75) is 50.8 Å². The van der Waals surface area contributed by atoms with Crippen LogP contribution in [-0.2, 0) is 14.6 Å². The average molecular weight is 296 g/mol. The van der Waals surface area contributed by atoms with Crippen molar-refractivity contribution in [3.05, 3.63) is 0 Å². The van der Waals surface area contributed by atoms with Crippen molar-refractivity contribution < 1.29 is 13.2 Å². The van der Waals surface area contributed by atoms with E-state index < -0.39 is 15.1 Å². The first-order valence-corrected chi connectivity index (χ1v) is 8.69. The fourth-order valence-corrected chi connectivity index (χ4v) is 4.29. The van der Waals surface area contributed by atoms with Crippen LogP contribution in [0.25, 0.3) is 0 Å². The van der Waals surface area contributed by atoms with Crippen LogP contribution in [0.5, 0.6) is 0 Å². The lowest BCUT2D eigenvalue weighted by molar-refractivity contribution is -0.121. The predicted molar refractivity (Wildman–Crippen MR) is 73.5 cm³/mol. The van der Waals surface area contributed by atoms with Gasteiger partial charge in [0.15, 0.2) is 9.84 Å². The van der Waals surface area contributed by atoms with E-state index in [1.54, 1.807) is 0 Å². The van der Waals surface area contributed by atoms with Crippen molar-refractivity contribution in [1.82, 2.24) is 5.32 Å². The van der Waals surface area contributed by atoms with Gasteiger partial charge in [0.2, 0.25) is 5.91 Å². The van der Waals surface area contributed by atoms with Gasteiger partial charge < -0.3 is 5.32 Å². The van der Waals surface area contributed by atoms with E-state index in [9.17, 15) is 13.2 Å². The molecule has 0 spiro atoms. The van der Waals surface area contributed by atoms with E-state index in [4.69, 9.17) is 11.6 Å². The Bertz CT molecular complexity index is 381. The van der Waals surface area contributed by atoms with E-state index in [1.807, 2.05) is 13.8 Å². The fourth-order valence-electron chi connectivity index (χ4n) is 2.27. The number of hydrogen-bond acceptors (Lipinski definition) is 3. The Morgan fingerprint density at radius 2 is 2.06 bits per heavy atom. The molecule has 18 heavy (non-hydrogen) atoms. The maximum absolute atomic E-state index is 12.0. The Labute approximate surface area is 114 Å². The first-order chi connectivity index (χ1) is 8.36. The number of hydrogen-bond donors (Lipinski definition) is 1. The Morgan fingerprint density at radius 3 is 2.56 bits per heavy atom. The zero-order chi connectivity index (χ0) is 13.8. The van der Waals surface area contributed by atoms with Gasteiger partial charge in [-0.1, -0.05) is 20.3 Å². The lowest BCUT2D eigenvalue weighted by Crippen LogP contribution is -2.47. The molecule has 1 saturated heterocycles. The van der Waals surface area contributed by atoms with E-state index in [-0.39, 0.29) is 17.7 Å². The van der Waals surface area contributed by atoms with Gasteiger partial charge in [-0.25, -0.2) is 8.42 Å². The standard InChI is InChI=1S/C12H22ClNO3S/c1-9(2)7-10(8-13)14-12(15)11-5-3-4-6-18(11,16)17/h9-11H,3-8H2,1-2H3,(H,14,15). The third kappa shape index (κ3) is 4.43. The third-order valence-electron chi connectivity index (χ3n) is 3.16. The van der Waals surface area contributed by atoms with Crippen LogP contribution in [0.4, 0.5) is 0 Å². The van der Waals surface area contributed by atoms with Gasteiger partial charge in [-0.3, -0.25) is 4.79 Å². The summed E-state index contributed by atoms with van der Waals surface area (Å²) >= 11 is 5.80. The van der Waals surface area contributed by atoms with Crippen molar-refractivity contribution >= 4 is 27.3 Å². The second-order valence-corrected chi connectivity index (χ2v) is 7.95. The van der Waals surface area contributed by atoms with Crippen LogP contribution in [0.3, 0.4) is 0 Å². The molecular formula is C12H22ClNO3S. The Balaban J connectivity index is 2.63. The average Bonchev–Trinajstić information content (AvgIpc) is 2.26. The van der Waals surface area contributed by atoms with Crippen molar-refractivity contribution in [1.29, 1.82) is 0 Å². The van der Waals surface area contributed by atoms with Gasteiger partial charge in [0, 0.05) is 11.9 Å². The van der Waals surface area contributed by atoms with Gasteiger partial charge in [0.05, 0.1) is 5.75 Å². The van der Waals surface area contributed by atoms with Crippen LogP contribution >= 0.6 is 11.6 Å². The predicted octanol–water partition coefficient (Wildman–Crippen LogP) is 1.72. The molecule has 1 amide bonds. The minimum absolute atomic E-state index is 0.126. The molecule has 0 aromatic rings. The van der Waals surface area contributed by atoms with Gasteiger partial charge in [-0.05, 0) is 25.2 Å². The van der Waals surface area contributed by atoms with E-state index in [1.165, 1.54) is 0 Å². The van der Waals surface area contributed by atoms with Gasteiger partial charge in [0.25, 0.3) is 0 Å². The number of nitrogens with one attached hydrogen (secondary N) is 1. The summed E-state index contributed by atoms with van der Waals surface area (Å²) in [5.74, 6) is 0.482. The molecule has 0 aromatic carbocycles. The number of carbonyl (C=O) groups is 1. The SMILES string of the molecule is CC(C)CC(CCl)NC(=O)C1CCCCS1(=O)=O. The van der Waals surface area contributed by atoms with Crippen molar-refractivity contribution in [3.8, 4) is 0 Å². The Morgan fingerprint density at radius 1 is 1.39 bits per heavy atom. The Hall–Kier alpha value is -0.290.